The van der Waals surface area contributed by atoms with Gasteiger partial charge in [0.1, 0.15) is 0 Å². The number of hydrogen-bond acceptors (Lipinski definition) is 4. The highest BCUT2D eigenvalue weighted by atomic mass is 127. The van der Waals surface area contributed by atoms with Gasteiger partial charge in [0.2, 0.25) is 5.75 Å². The predicted octanol–water partition coefficient (Wildman–Crippen LogP) is 2.03. The number of phenols is 1. The number of carbonyl (C=O) groups excluding carboxylic acids is 1. The lowest BCUT2D eigenvalue weighted by Crippen LogP contribution is -2.01. The second kappa shape index (κ2) is 5.20. The first-order valence-electron chi connectivity index (χ1n) is 4.18. The van der Waals surface area contributed by atoms with Gasteiger partial charge in [0.25, 0.3) is 0 Å². The molecule has 0 aliphatic carbocycles. The van der Waals surface area contributed by atoms with E-state index in [1.54, 1.807) is 0 Å². The van der Waals surface area contributed by atoms with Crippen LogP contribution in [-0.4, -0.2) is 29.5 Å². The van der Waals surface area contributed by atoms with E-state index < -0.39 is 0 Å². The Kier molecular flexibility index (Phi) is 4.19. The van der Waals surface area contributed by atoms with Gasteiger partial charge in [0.05, 0.1) is 18.6 Å². The monoisotopic (exact) mass is 322 g/mol. The van der Waals surface area contributed by atoms with Crippen molar-refractivity contribution in [1.82, 2.24) is 0 Å². The molecule has 82 valence electrons. The first kappa shape index (κ1) is 12.1. The van der Waals surface area contributed by atoms with Gasteiger partial charge in [-0.3, -0.25) is 4.79 Å². The lowest BCUT2D eigenvalue weighted by atomic mass is 10.1. The van der Waals surface area contributed by atoms with E-state index in [1.165, 1.54) is 26.4 Å². The number of ether oxygens (including phenoxy) is 2. The van der Waals surface area contributed by atoms with Crippen molar-refractivity contribution < 1.29 is 19.4 Å². The van der Waals surface area contributed by atoms with Gasteiger partial charge in [-0.2, -0.15) is 0 Å². The Morgan fingerprint density at radius 1 is 1.33 bits per heavy atom. The van der Waals surface area contributed by atoms with Crippen LogP contribution in [0.5, 0.6) is 17.2 Å². The minimum atomic E-state index is -0.0926. The third kappa shape index (κ3) is 2.53. The fourth-order valence-electron chi connectivity index (χ4n) is 1.13. The van der Waals surface area contributed by atoms with Gasteiger partial charge >= 0.3 is 0 Å². The van der Waals surface area contributed by atoms with Gasteiger partial charge in [0, 0.05) is 5.56 Å². The zero-order valence-corrected chi connectivity index (χ0v) is 10.6. The SMILES string of the molecule is COc1cc(C(=O)CI)cc(OC)c1O. The summed E-state index contributed by atoms with van der Waals surface area (Å²) in [5.74, 6) is 0.349. The fourth-order valence-corrected chi connectivity index (χ4v) is 1.57. The summed E-state index contributed by atoms with van der Waals surface area (Å²) in [6, 6.07) is 3.00. The zero-order valence-electron chi connectivity index (χ0n) is 8.41. The van der Waals surface area contributed by atoms with Crippen LogP contribution in [0.25, 0.3) is 0 Å². The average Bonchev–Trinajstić information content (AvgIpc) is 2.28. The lowest BCUT2D eigenvalue weighted by molar-refractivity contribution is 0.102. The number of hydrogen-bond donors (Lipinski definition) is 1. The van der Waals surface area contributed by atoms with E-state index in [-0.39, 0.29) is 23.0 Å². The van der Waals surface area contributed by atoms with Gasteiger partial charge in [-0.15, -0.1) is 0 Å². The van der Waals surface area contributed by atoms with Crippen LogP contribution in [0.3, 0.4) is 0 Å². The molecule has 0 radical (unpaired) electrons. The molecule has 1 aromatic carbocycles. The molecular weight excluding hydrogens is 311 g/mol. The highest BCUT2D eigenvalue weighted by Crippen LogP contribution is 2.37. The molecule has 0 saturated heterocycles. The Balaban J connectivity index is 3.26. The molecule has 0 bridgehead atoms. The summed E-state index contributed by atoms with van der Waals surface area (Å²) in [5, 5.41) is 9.60. The number of alkyl halides is 1. The van der Waals surface area contributed by atoms with E-state index in [0.29, 0.717) is 9.99 Å². The standard InChI is InChI=1S/C10H11IO4/c1-14-8-3-6(7(12)5-11)4-9(15-2)10(8)13/h3-4,13H,5H2,1-2H3. The Morgan fingerprint density at radius 3 is 2.13 bits per heavy atom. The number of halogens is 1. The van der Waals surface area contributed by atoms with Crippen LogP contribution in [0.2, 0.25) is 0 Å². The van der Waals surface area contributed by atoms with Crippen molar-refractivity contribution in [3.63, 3.8) is 0 Å². The van der Waals surface area contributed by atoms with Gasteiger partial charge in [0.15, 0.2) is 17.3 Å². The minimum Gasteiger partial charge on any atom is -0.502 e. The van der Waals surface area contributed by atoms with Crippen LogP contribution >= 0.6 is 22.6 Å². The van der Waals surface area contributed by atoms with E-state index >= 15 is 0 Å². The van der Waals surface area contributed by atoms with Gasteiger partial charge in [-0.25, -0.2) is 0 Å². The van der Waals surface area contributed by atoms with Crippen molar-refractivity contribution in [3.05, 3.63) is 17.7 Å². The number of phenolic OH excluding ortho intramolecular Hbond substituents is 1. The number of methoxy groups -OCH3 is 2. The van der Waals surface area contributed by atoms with Gasteiger partial charge in [-0.05, 0) is 12.1 Å². The molecular formula is C10H11IO4. The van der Waals surface area contributed by atoms with Crippen LogP contribution in [0.4, 0.5) is 0 Å². The molecule has 0 aromatic heterocycles. The molecule has 0 fully saturated rings. The third-order valence-corrected chi connectivity index (χ3v) is 2.62. The summed E-state index contributed by atoms with van der Waals surface area (Å²) in [4.78, 5) is 11.5. The van der Waals surface area contributed by atoms with Gasteiger partial charge in [-0.1, -0.05) is 22.6 Å². The van der Waals surface area contributed by atoms with Crippen molar-refractivity contribution in [2.24, 2.45) is 0 Å². The average molecular weight is 322 g/mol. The van der Waals surface area contributed by atoms with Crippen LogP contribution < -0.4 is 9.47 Å². The van der Waals surface area contributed by atoms with Crippen molar-refractivity contribution in [1.29, 1.82) is 0 Å². The van der Waals surface area contributed by atoms with E-state index in [1.807, 2.05) is 22.6 Å². The molecule has 0 unspecified atom stereocenters. The van der Waals surface area contributed by atoms with Crippen LogP contribution in [0.15, 0.2) is 12.1 Å². The largest absolute Gasteiger partial charge is 0.502 e. The molecule has 0 saturated carbocycles. The number of ketones is 1. The summed E-state index contributed by atoms with van der Waals surface area (Å²) in [6.07, 6.45) is 0. The second-order valence-electron chi connectivity index (χ2n) is 2.79. The Hall–Kier alpha value is -0.980. The van der Waals surface area contributed by atoms with Crippen LogP contribution in [0, 0.1) is 0 Å². The van der Waals surface area contributed by atoms with E-state index in [4.69, 9.17) is 9.47 Å². The summed E-state index contributed by atoms with van der Waals surface area (Å²) < 4.78 is 10.2. The Bertz CT molecular complexity index is 351. The molecule has 4 nitrogen and oxygen atoms in total. The molecule has 1 aromatic rings. The Morgan fingerprint density at radius 2 is 1.80 bits per heavy atom. The fraction of sp³-hybridized carbons (Fsp3) is 0.300. The predicted molar refractivity (Wildman–Crippen MR) is 64.4 cm³/mol. The third-order valence-electron chi connectivity index (χ3n) is 1.92. The van der Waals surface area contributed by atoms with Crippen LogP contribution in [-0.2, 0) is 0 Å². The first-order valence-corrected chi connectivity index (χ1v) is 5.70. The molecule has 0 heterocycles. The maximum absolute atomic E-state index is 11.5. The molecule has 1 N–H and O–H groups in total. The van der Waals surface area contributed by atoms with E-state index in [9.17, 15) is 9.90 Å². The number of benzene rings is 1. The highest BCUT2D eigenvalue weighted by molar-refractivity contribution is 14.1. The molecule has 0 aliphatic heterocycles. The van der Waals surface area contributed by atoms with Crippen LogP contribution in [0.1, 0.15) is 10.4 Å². The molecule has 0 aliphatic rings. The molecule has 5 heteroatoms. The zero-order chi connectivity index (χ0) is 11.4. The van der Waals surface area contributed by atoms with E-state index in [2.05, 4.69) is 0 Å². The molecule has 1 rings (SSSR count). The maximum Gasteiger partial charge on any atom is 0.200 e. The molecule has 0 amide bonds. The smallest absolute Gasteiger partial charge is 0.200 e. The number of carbonyl (C=O) groups is 1. The molecule has 0 spiro atoms. The molecule has 0 atom stereocenters. The summed E-state index contributed by atoms with van der Waals surface area (Å²) in [6.45, 7) is 0. The topological polar surface area (TPSA) is 55.8 Å². The van der Waals surface area contributed by atoms with Crippen molar-refractivity contribution in [2.75, 3.05) is 18.6 Å². The number of aromatic hydroxyl groups is 1. The number of Topliss-reactive ketones (excluding diaryl/α,β-unsaturated/α-hetero) is 1. The summed E-state index contributed by atoms with van der Waals surface area (Å²) in [7, 11) is 2.85. The summed E-state index contributed by atoms with van der Waals surface area (Å²) in [5.41, 5.74) is 0.468. The van der Waals surface area contributed by atoms with Gasteiger partial charge < -0.3 is 14.6 Å². The maximum atomic E-state index is 11.5. The normalized spacial score (nSPS) is 9.80. The van der Waals surface area contributed by atoms with Crippen molar-refractivity contribution in [2.45, 2.75) is 0 Å². The van der Waals surface area contributed by atoms with Crippen molar-refractivity contribution in [3.8, 4) is 17.2 Å². The van der Waals surface area contributed by atoms with Crippen molar-refractivity contribution >= 4 is 28.4 Å². The summed E-state index contributed by atoms with van der Waals surface area (Å²) >= 11 is 1.98. The lowest BCUT2D eigenvalue weighted by Gasteiger charge is -2.09. The minimum absolute atomic E-state index is 0.0350. The highest BCUT2D eigenvalue weighted by Gasteiger charge is 2.14. The van der Waals surface area contributed by atoms with E-state index in [0.717, 1.165) is 0 Å². The number of rotatable bonds is 4. The first-order chi connectivity index (χ1) is 7.13. The molecule has 15 heavy (non-hydrogen) atoms. The second-order valence-corrected chi connectivity index (χ2v) is 3.55. The quantitative estimate of drug-likeness (QED) is 0.524. The Labute approximate surface area is 101 Å².